The molecule has 1 aromatic heterocycles. The molecule has 0 amide bonds. The molecule has 0 bridgehead atoms. The molecule has 5 N–H and O–H groups in total. The molecule has 1 unspecified atom stereocenters. The average Bonchev–Trinajstić information content (AvgIpc) is 2.75. The Morgan fingerprint density at radius 1 is 1.38 bits per heavy atom. The summed E-state index contributed by atoms with van der Waals surface area (Å²) in [6, 6.07) is -0.205. The van der Waals surface area contributed by atoms with E-state index in [0.29, 0.717) is 12.4 Å². The van der Waals surface area contributed by atoms with E-state index in [1.165, 1.54) is 0 Å². The highest BCUT2D eigenvalue weighted by Gasteiger charge is 2.10. The third kappa shape index (κ3) is 5.17. The van der Waals surface area contributed by atoms with Crippen LogP contribution in [-0.2, 0) is 4.65 Å². The van der Waals surface area contributed by atoms with E-state index in [9.17, 15) is 0 Å². The van der Waals surface area contributed by atoms with Crippen molar-refractivity contribution < 1.29 is 14.7 Å². The second-order valence-electron chi connectivity index (χ2n) is 3.42. The monoisotopic (exact) mass is 229 g/mol. The van der Waals surface area contributed by atoms with Crippen LogP contribution < -0.4 is 5.73 Å². The van der Waals surface area contributed by atoms with Crippen molar-refractivity contribution in [1.82, 2.24) is 20.6 Å². The smallest absolute Gasteiger partial charge is 0.402 e. The van der Waals surface area contributed by atoms with Crippen molar-refractivity contribution in [3.63, 3.8) is 0 Å². The second kappa shape index (κ2) is 7.28. The summed E-state index contributed by atoms with van der Waals surface area (Å²) in [4.78, 5) is 0. The van der Waals surface area contributed by atoms with Crippen LogP contribution in [-0.4, -0.2) is 44.6 Å². The van der Waals surface area contributed by atoms with E-state index < -0.39 is 7.32 Å². The van der Waals surface area contributed by atoms with Crippen molar-refractivity contribution >= 4 is 7.32 Å². The summed E-state index contributed by atoms with van der Waals surface area (Å²) in [6.07, 6.45) is 3.33. The molecule has 8 nitrogen and oxygen atoms in total. The van der Waals surface area contributed by atoms with Gasteiger partial charge >= 0.3 is 7.32 Å². The maximum atomic E-state index is 8.41. The largest absolute Gasteiger partial charge is 0.633 e. The van der Waals surface area contributed by atoms with Crippen molar-refractivity contribution in [1.29, 1.82) is 0 Å². The molecule has 0 saturated carbocycles. The van der Waals surface area contributed by atoms with E-state index in [1.807, 2.05) is 0 Å². The topological polar surface area (TPSA) is 130 Å². The molecule has 90 valence electrons. The summed E-state index contributed by atoms with van der Waals surface area (Å²) in [5, 5.41) is 30.2. The van der Waals surface area contributed by atoms with Gasteiger partial charge in [-0.15, -0.1) is 10.2 Å². The number of aromatic amines is 1. The van der Waals surface area contributed by atoms with Crippen molar-refractivity contribution in [2.24, 2.45) is 5.73 Å². The summed E-state index contributed by atoms with van der Waals surface area (Å²) in [7, 11) is -1.68. The van der Waals surface area contributed by atoms with Gasteiger partial charge in [-0.3, -0.25) is 0 Å². The number of nitrogens with one attached hydrogen (secondary N) is 1. The summed E-state index contributed by atoms with van der Waals surface area (Å²) in [5.41, 5.74) is 5.81. The minimum absolute atomic E-state index is 0.205. The molecular weight excluding hydrogens is 213 g/mol. The van der Waals surface area contributed by atoms with Gasteiger partial charge in [0.05, 0.1) is 6.04 Å². The van der Waals surface area contributed by atoms with Crippen molar-refractivity contribution in [3.8, 4) is 0 Å². The molecule has 1 atom stereocenters. The number of tetrazole rings is 1. The van der Waals surface area contributed by atoms with E-state index in [0.717, 1.165) is 25.7 Å². The number of aromatic nitrogens is 4. The Hall–Kier alpha value is -1.03. The van der Waals surface area contributed by atoms with Gasteiger partial charge in [0.25, 0.3) is 0 Å². The highest BCUT2D eigenvalue weighted by atomic mass is 16.6. The summed E-state index contributed by atoms with van der Waals surface area (Å²) < 4.78 is 4.56. The summed E-state index contributed by atoms with van der Waals surface area (Å²) in [6.45, 7) is 0.328. The lowest BCUT2D eigenvalue weighted by molar-refractivity contribution is 0.181. The van der Waals surface area contributed by atoms with Crippen LogP contribution in [0.1, 0.15) is 37.5 Å². The van der Waals surface area contributed by atoms with E-state index in [-0.39, 0.29) is 6.04 Å². The zero-order valence-corrected chi connectivity index (χ0v) is 8.91. The molecule has 0 aliphatic carbocycles. The molecule has 0 radical (unpaired) electrons. The third-order valence-electron chi connectivity index (χ3n) is 2.12. The first-order valence-electron chi connectivity index (χ1n) is 5.17. The molecule has 1 aromatic rings. The normalized spacial score (nSPS) is 12.7. The molecule has 0 aliphatic rings. The fourth-order valence-electron chi connectivity index (χ4n) is 1.29. The standard InChI is InChI=1S/C7H16BN5O3/c9-6(7-10-12-13-11-7)4-2-1-3-5-16-8(14)15/h6,14-15H,1-5,9H2,(H,10,11,12,13). The van der Waals surface area contributed by atoms with Gasteiger partial charge < -0.3 is 20.4 Å². The molecule has 0 saturated heterocycles. The molecule has 0 aliphatic heterocycles. The van der Waals surface area contributed by atoms with Crippen molar-refractivity contribution in [2.75, 3.05) is 6.61 Å². The Labute approximate surface area is 93.4 Å². The first-order chi connectivity index (χ1) is 7.70. The Bertz CT molecular complexity index is 271. The minimum Gasteiger partial charge on any atom is -0.402 e. The number of hydrogen-bond donors (Lipinski definition) is 4. The van der Waals surface area contributed by atoms with Gasteiger partial charge in [-0.25, -0.2) is 0 Å². The molecule has 0 spiro atoms. The predicted molar refractivity (Wildman–Crippen MR) is 55.7 cm³/mol. The van der Waals surface area contributed by atoms with Gasteiger partial charge in [0.15, 0.2) is 5.82 Å². The molecule has 0 fully saturated rings. The van der Waals surface area contributed by atoms with E-state index >= 15 is 0 Å². The quantitative estimate of drug-likeness (QED) is 0.323. The highest BCUT2D eigenvalue weighted by molar-refractivity contribution is 6.32. The fourth-order valence-corrected chi connectivity index (χ4v) is 1.29. The van der Waals surface area contributed by atoms with Gasteiger partial charge in [0.1, 0.15) is 0 Å². The van der Waals surface area contributed by atoms with Gasteiger partial charge in [-0.2, -0.15) is 5.21 Å². The first-order valence-corrected chi connectivity index (χ1v) is 5.17. The van der Waals surface area contributed by atoms with Crippen LogP contribution in [0.4, 0.5) is 0 Å². The lowest BCUT2D eigenvalue weighted by atomic mass is 10.1. The van der Waals surface area contributed by atoms with Crippen LogP contribution in [0.25, 0.3) is 0 Å². The lowest BCUT2D eigenvalue weighted by Crippen LogP contribution is -2.17. The molecule has 1 heterocycles. The van der Waals surface area contributed by atoms with Crippen LogP contribution in [0.2, 0.25) is 0 Å². The number of H-pyrrole nitrogens is 1. The lowest BCUT2D eigenvalue weighted by Gasteiger charge is -2.06. The molecule has 16 heavy (non-hydrogen) atoms. The van der Waals surface area contributed by atoms with Gasteiger partial charge in [-0.05, 0) is 12.8 Å². The van der Waals surface area contributed by atoms with Gasteiger partial charge in [0, 0.05) is 6.61 Å². The van der Waals surface area contributed by atoms with Crippen LogP contribution in [0.5, 0.6) is 0 Å². The van der Waals surface area contributed by atoms with E-state index in [2.05, 4.69) is 25.3 Å². The van der Waals surface area contributed by atoms with Crippen LogP contribution in [0.15, 0.2) is 0 Å². The number of hydrogen-bond acceptors (Lipinski definition) is 7. The van der Waals surface area contributed by atoms with Crippen LogP contribution in [0.3, 0.4) is 0 Å². The summed E-state index contributed by atoms with van der Waals surface area (Å²) >= 11 is 0. The molecule has 9 heteroatoms. The number of rotatable bonds is 8. The fraction of sp³-hybridized carbons (Fsp3) is 0.857. The van der Waals surface area contributed by atoms with E-state index in [4.69, 9.17) is 15.8 Å². The zero-order valence-electron chi connectivity index (χ0n) is 8.91. The molecular formula is C7H16BN5O3. The first kappa shape index (κ1) is 13.0. The Morgan fingerprint density at radius 3 is 2.81 bits per heavy atom. The average molecular weight is 229 g/mol. The Morgan fingerprint density at radius 2 is 2.19 bits per heavy atom. The number of unbranched alkanes of at least 4 members (excludes halogenated alkanes) is 2. The zero-order chi connectivity index (χ0) is 11.8. The highest BCUT2D eigenvalue weighted by Crippen LogP contribution is 2.12. The maximum Gasteiger partial charge on any atom is 0.633 e. The van der Waals surface area contributed by atoms with Gasteiger partial charge in [-0.1, -0.05) is 18.1 Å². The SMILES string of the molecule is NC(CCCCCOB(O)O)c1nn[nH]n1. The van der Waals surface area contributed by atoms with Crippen LogP contribution >= 0.6 is 0 Å². The summed E-state index contributed by atoms with van der Waals surface area (Å²) in [5.74, 6) is 0.516. The van der Waals surface area contributed by atoms with Crippen LogP contribution in [0, 0.1) is 0 Å². The second-order valence-corrected chi connectivity index (χ2v) is 3.42. The third-order valence-corrected chi connectivity index (χ3v) is 2.12. The van der Waals surface area contributed by atoms with Crippen molar-refractivity contribution in [2.45, 2.75) is 31.7 Å². The van der Waals surface area contributed by atoms with Gasteiger partial charge in [0.2, 0.25) is 0 Å². The van der Waals surface area contributed by atoms with E-state index in [1.54, 1.807) is 0 Å². The van der Waals surface area contributed by atoms with Crippen molar-refractivity contribution in [3.05, 3.63) is 5.82 Å². The number of nitrogens with zero attached hydrogens (tertiary/aromatic N) is 3. The molecule has 0 aromatic carbocycles. The number of nitrogens with two attached hydrogens (primary N) is 1. The maximum absolute atomic E-state index is 8.41. The minimum atomic E-state index is -1.68. The Kier molecular flexibility index (Phi) is 5.94. The predicted octanol–water partition coefficient (Wildman–Crippen LogP) is -1.25. The Balaban J connectivity index is 1.99. The molecule has 1 rings (SSSR count).